The Hall–Kier alpha value is -1.16. The van der Waals surface area contributed by atoms with Gasteiger partial charge in [-0.3, -0.25) is 0 Å². The number of rotatable bonds is 3. The second-order valence-electron chi connectivity index (χ2n) is 2.44. The first kappa shape index (κ1) is 9.84. The standard InChI is InChI=1S/C10H15N/c1-5-8-11(4)9-7-10(3)6-2/h2,5,7-10H,1,3-4H3/b8-5-,9-7?. The highest BCUT2D eigenvalue weighted by atomic mass is 15.0. The second kappa shape index (κ2) is 5.61. The highest BCUT2D eigenvalue weighted by Gasteiger charge is 1.87. The summed E-state index contributed by atoms with van der Waals surface area (Å²) in [5.74, 6) is 2.84. The summed E-state index contributed by atoms with van der Waals surface area (Å²) in [5.41, 5.74) is 0. The van der Waals surface area contributed by atoms with Gasteiger partial charge in [0.2, 0.25) is 0 Å². The van der Waals surface area contributed by atoms with E-state index in [9.17, 15) is 0 Å². The Labute approximate surface area is 69.4 Å². The van der Waals surface area contributed by atoms with E-state index in [1.165, 1.54) is 0 Å². The van der Waals surface area contributed by atoms with Crippen LogP contribution >= 0.6 is 0 Å². The van der Waals surface area contributed by atoms with Crippen molar-refractivity contribution in [2.45, 2.75) is 13.8 Å². The molecule has 0 amide bonds. The van der Waals surface area contributed by atoms with Crippen LogP contribution < -0.4 is 0 Å². The van der Waals surface area contributed by atoms with E-state index in [-0.39, 0.29) is 5.92 Å². The summed E-state index contributed by atoms with van der Waals surface area (Å²) in [6.45, 7) is 3.97. The van der Waals surface area contributed by atoms with Crippen molar-refractivity contribution in [3.63, 3.8) is 0 Å². The summed E-state index contributed by atoms with van der Waals surface area (Å²) in [7, 11) is 1.97. The van der Waals surface area contributed by atoms with Crippen LogP contribution in [0.25, 0.3) is 0 Å². The summed E-state index contributed by atoms with van der Waals surface area (Å²) in [4.78, 5) is 1.97. The Morgan fingerprint density at radius 2 is 2.09 bits per heavy atom. The molecule has 0 heterocycles. The molecule has 0 aromatic rings. The maximum Gasteiger partial charge on any atom is 0.0368 e. The Balaban J connectivity index is 3.84. The molecule has 0 N–H and O–H groups in total. The fourth-order valence-corrected chi connectivity index (χ4v) is 0.605. The lowest BCUT2D eigenvalue weighted by Crippen LogP contribution is -2.00. The zero-order chi connectivity index (χ0) is 8.69. The van der Waals surface area contributed by atoms with Gasteiger partial charge in [-0.1, -0.05) is 18.1 Å². The minimum absolute atomic E-state index is 0.211. The molecular weight excluding hydrogens is 134 g/mol. The molecule has 0 spiro atoms. The molecule has 0 aliphatic heterocycles. The van der Waals surface area contributed by atoms with Crippen LogP contribution in [-0.2, 0) is 0 Å². The Bertz CT molecular complexity index is 184. The molecule has 0 radical (unpaired) electrons. The third kappa shape index (κ3) is 5.29. The van der Waals surface area contributed by atoms with E-state index in [1.54, 1.807) is 0 Å². The number of terminal acetylenes is 1. The number of hydrogen-bond acceptors (Lipinski definition) is 1. The lowest BCUT2D eigenvalue weighted by Gasteiger charge is -2.06. The maximum absolute atomic E-state index is 5.19. The highest BCUT2D eigenvalue weighted by Crippen LogP contribution is 1.95. The fraction of sp³-hybridized carbons (Fsp3) is 0.400. The predicted molar refractivity (Wildman–Crippen MR) is 49.7 cm³/mol. The van der Waals surface area contributed by atoms with Crippen LogP contribution in [0.2, 0.25) is 0 Å². The minimum atomic E-state index is 0.211. The molecule has 1 unspecified atom stereocenters. The summed E-state index contributed by atoms with van der Waals surface area (Å²) in [6.07, 6.45) is 13.1. The van der Waals surface area contributed by atoms with Gasteiger partial charge in [-0.2, -0.15) is 0 Å². The molecular formula is C10H15N. The van der Waals surface area contributed by atoms with E-state index in [2.05, 4.69) is 5.92 Å². The van der Waals surface area contributed by atoms with Crippen molar-refractivity contribution >= 4 is 0 Å². The Morgan fingerprint density at radius 1 is 1.45 bits per heavy atom. The summed E-state index contributed by atoms with van der Waals surface area (Å²) in [5, 5.41) is 0. The van der Waals surface area contributed by atoms with Crippen LogP contribution in [-0.4, -0.2) is 11.9 Å². The molecule has 60 valence electrons. The molecule has 0 aromatic carbocycles. The second-order valence-corrected chi connectivity index (χ2v) is 2.44. The molecule has 0 aliphatic rings. The largest absolute Gasteiger partial charge is 0.358 e. The number of allylic oxidation sites excluding steroid dienone is 2. The van der Waals surface area contributed by atoms with E-state index in [0.29, 0.717) is 0 Å². The van der Waals surface area contributed by atoms with Crippen molar-refractivity contribution < 1.29 is 0 Å². The molecule has 1 heteroatoms. The normalized spacial score (nSPS) is 13.6. The van der Waals surface area contributed by atoms with Crippen LogP contribution in [0.15, 0.2) is 24.6 Å². The van der Waals surface area contributed by atoms with E-state index >= 15 is 0 Å². The Morgan fingerprint density at radius 3 is 2.55 bits per heavy atom. The average molecular weight is 149 g/mol. The smallest absolute Gasteiger partial charge is 0.0368 e. The first-order valence-corrected chi connectivity index (χ1v) is 3.70. The maximum atomic E-state index is 5.19. The third-order valence-electron chi connectivity index (χ3n) is 1.26. The molecule has 0 saturated carbocycles. The van der Waals surface area contributed by atoms with Gasteiger partial charge in [0, 0.05) is 19.2 Å². The first-order chi connectivity index (χ1) is 5.20. The van der Waals surface area contributed by atoms with Crippen molar-refractivity contribution in [2.24, 2.45) is 5.92 Å². The molecule has 0 rings (SSSR count). The summed E-state index contributed by atoms with van der Waals surface area (Å²) < 4.78 is 0. The monoisotopic (exact) mass is 149 g/mol. The molecule has 1 nitrogen and oxygen atoms in total. The fourth-order valence-electron chi connectivity index (χ4n) is 0.605. The van der Waals surface area contributed by atoms with Gasteiger partial charge >= 0.3 is 0 Å². The van der Waals surface area contributed by atoms with Crippen molar-refractivity contribution in [1.29, 1.82) is 0 Å². The summed E-state index contributed by atoms with van der Waals surface area (Å²) >= 11 is 0. The molecule has 0 aliphatic carbocycles. The molecule has 0 aromatic heterocycles. The number of nitrogens with zero attached hydrogens (tertiary/aromatic N) is 1. The summed E-state index contributed by atoms with van der Waals surface area (Å²) in [6, 6.07) is 0. The lowest BCUT2D eigenvalue weighted by molar-refractivity contribution is 0.618. The molecule has 11 heavy (non-hydrogen) atoms. The average Bonchev–Trinajstić information content (AvgIpc) is 2.01. The Kier molecular flexibility index (Phi) is 5.02. The van der Waals surface area contributed by atoms with Crippen LogP contribution in [0.1, 0.15) is 13.8 Å². The van der Waals surface area contributed by atoms with E-state index in [0.717, 1.165) is 0 Å². The van der Waals surface area contributed by atoms with Crippen molar-refractivity contribution in [1.82, 2.24) is 4.90 Å². The van der Waals surface area contributed by atoms with Crippen LogP contribution in [0, 0.1) is 18.3 Å². The minimum Gasteiger partial charge on any atom is -0.358 e. The van der Waals surface area contributed by atoms with Gasteiger partial charge < -0.3 is 4.90 Å². The first-order valence-electron chi connectivity index (χ1n) is 3.70. The molecule has 1 atom stereocenters. The highest BCUT2D eigenvalue weighted by molar-refractivity contribution is 5.03. The van der Waals surface area contributed by atoms with Gasteiger partial charge in [0.05, 0.1) is 0 Å². The van der Waals surface area contributed by atoms with E-state index < -0.39 is 0 Å². The quantitative estimate of drug-likeness (QED) is 0.556. The lowest BCUT2D eigenvalue weighted by atomic mass is 10.2. The third-order valence-corrected chi connectivity index (χ3v) is 1.26. The van der Waals surface area contributed by atoms with Crippen LogP contribution in [0.4, 0.5) is 0 Å². The topological polar surface area (TPSA) is 3.24 Å². The van der Waals surface area contributed by atoms with Crippen molar-refractivity contribution in [2.75, 3.05) is 7.05 Å². The zero-order valence-corrected chi connectivity index (χ0v) is 7.41. The van der Waals surface area contributed by atoms with Crippen LogP contribution in [0.3, 0.4) is 0 Å². The van der Waals surface area contributed by atoms with Crippen molar-refractivity contribution in [3.8, 4) is 12.3 Å². The van der Waals surface area contributed by atoms with Gasteiger partial charge in [0.1, 0.15) is 0 Å². The number of hydrogen-bond donors (Lipinski definition) is 0. The van der Waals surface area contributed by atoms with Crippen molar-refractivity contribution in [3.05, 3.63) is 24.6 Å². The van der Waals surface area contributed by atoms with Gasteiger partial charge in [-0.05, 0) is 20.0 Å². The van der Waals surface area contributed by atoms with Gasteiger partial charge in [0.25, 0.3) is 0 Å². The zero-order valence-electron chi connectivity index (χ0n) is 7.41. The van der Waals surface area contributed by atoms with Gasteiger partial charge in [-0.15, -0.1) is 6.42 Å². The SMILES string of the molecule is C#CC(C)C=CN(C)/C=C\C. The molecule has 0 fully saturated rings. The van der Waals surface area contributed by atoms with Gasteiger partial charge in [-0.25, -0.2) is 0 Å². The van der Waals surface area contributed by atoms with Crippen LogP contribution in [0.5, 0.6) is 0 Å². The molecule has 0 saturated heterocycles. The molecule has 0 bridgehead atoms. The van der Waals surface area contributed by atoms with E-state index in [1.807, 2.05) is 50.3 Å². The van der Waals surface area contributed by atoms with E-state index in [4.69, 9.17) is 6.42 Å². The van der Waals surface area contributed by atoms with Gasteiger partial charge in [0.15, 0.2) is 0 Å². The predicted octanol–water partition coefficient (Wildman–Crippen LogP) is 2.23.